The number of hydrogen-bond donors (Lipinski definition) is 1. The van der Waals surface area contributed by atoms with E-state index >= 15 is 0 Å². The molecule has 1 N–H and O–H groups in total. The molecule has 0 saturated carbocycles. The Kier molecular flexibility index (Phi) is 5.53. The Labute approximate surface area is 164 Å². The second-order valence-corrected chi connectivity index (χ2v) is 6.10. The normalized spacial score (nSPS) is 19.1. The van der Waals surface area contributed by atoms with Crippen LogP contribution in [-0.2, 0) is 16.1 Å². The molecule has 0 radical (unpaired) electrons. The molecule has 0 fully saturated rings. The Bertz CT molecular complexity index is 919. The van der Waals surface area contributed by atoms with Crippen LogP contribution in [-0.4, -0.2) is 46.2 Å². The predicted molar refractivity (Wildman–Crippen MR) is 96.7 cm³/mol. The summed E-state index contributed by atoms with van der Waals surface area (Å²) in [5.41, 5.74) is -2.63. The molecule has 1 aromatic carbocycles. The Hall–Kier alpha value is -3.43. The minimum atomic E-state index is -5.19. The number of pyridine rings is 1. The maximum Gasteiger partial charge on any atom is 0.442 e. The lowest BCUT2D eigenvalue weighted by Crippen LogP contribution is -2.63. The summed E-state index contributed by atoms with van der Waals surface area (Å²) in [6.07, 6.45) is -3.66. The number of carbonyl (C=O) groups excluding carboxylic acids is 2. The predicted octanol–water partition coefficient (Wildman–Crippen LogP) is 2.88. The fourth-order valence-electron chi connectivity index (χ4n) is 2.84. The SMILES string of the molecule is CCOC(=O)N[C@@]1(C(F)(F)F)N=C(c2ccccc2)N(Cc2ccncc2)C1=O. The van der Waals surface area contributed by atoms with Gasteiger partial charge in [0.05, 0.1) is 13.2 Å². The molecule has 1 aromatic heterocycles. The molecule has 10 heteroatoms. The van der Waals surface area contributed by atoms with Gasteiger partial charge in [-0.25, -0.2) is 9.79 Å². The molecule has 0 bridgehead atoms. The van der Waals surface area contributed by atoms with Gasteiger partial charge in [0, 0.05) is 18.0 Å². The van der Waals surface area contributed by atoms with Crippen molar-refractivity contribution in [2.45, 2.75) is 25.3 Å². The second-order valence-electron chi connectivity index (χ2n) is 6.10. The minimum absolute atomic E-state index is 0.163. The standard InChI is InChI=1S/C19H17F3N4O3/c1-2-29-17(28)25-18(19(20,21)22)16(27)26(12-13-8-10-23-11-9-13)15(24-18)14-6-4-3-5-7-14/h3-11H,2,12H2,1H3,(H,25,28)/t18-/m0/s1. The molecule has 2 heterocycles. The van der Waals surface area contributed by atoms with Crippen molar-refractivity contribution in [3.63, 3.8) is 0 Å². The van der Waals surface area contributed by atoms with Crippen LogP contribution in [0, 0.1) is 0 Å². The van der Waals surface area contributed by atoms with Gasteiger partial charge < -0.3 is 4.74 Å². The van der Waals surface area contributed by atoms with E-state index in [9.17, 15) is 22.8 Å². The Balaban J connectivity index is 2.10. The summed E-state index contributed by atoms with van der Waals surface area (Å²) < 4.78 is 46.7. The zero-order chi connectivity index (χ0) is 21.1. The van der Waals surface area contributed by atoms with Crippen LogP contribution in [0.2, 0.25) is 0 Å². The van der Waals surface area contributed by atoms with Gasteiger partial charge in [0.1, 0.15) is 5.84 Å². The number of alkyl halides is 3. The molecule has 7 nitrogen and oxygen atoms in total. The monoisotopic (exact) mass is 406 g/mol. The number of aliphatic imine (C=N–C) groups is 1. The van der Waals surface area contributed by atoms with E-state index in [1.165, 1.54) is 31.5 Å². The first-order valence-corrected chi connectivity index (χ1v) is 8.66. The molecule has 0 spiro atoms. The van der Waals surface area contributed by atoms with Crippen LogP contribution in [0.15, 0.2) is 59.9 Å². The molecule has 2 aromatic rings. The Morgan fingerprint density at radius 2 is 1.83 bits per heavy atom. The van der Waals surface area contributed by atoms with Crippen molar-refractivity contribution in [3.05, 3.63) is 66.0 Å². The first-order chi connectivity index (χ1) is 13.8. The summed E-state index contributed by atoms with van der Waals surface area (Å²) in [6, 6.07) is 11.1. The fourth-order valence-corrected chi connectivity index (χ4v) is 2.84. The molecule has 0 unspecified atom stereocenters. The number of hydrogen-bond acceptors (Lipinski definition) is 5. The summed E-state index contributed by atoms with van der Waals surface area (Å²) in [7, 11) is 0. The van der Waals surface area contributed by atoms with Crippen LogP contribution in [0.4, 0.5) is 18.0 Å². The van der Waals surface area contributed by atoms with Gasteiger partial charge in [-0.1, -0.05) is 30.3 Å². The lowest BCUT2D eigenvalue weighted by atomic mass is 10.1. The largest absolute Gasteiger partial charge is 0.450 e. The number of benzene rings is 1. The maximum atomic E-state index is 14.0. The number of amides is 2. The van der Waals surface area contributed by atoms with Gasteiger partial charge in [-0.15, -0.1) is 0 Å². The molecule has 0 saturated heterocycles. The van der Waals surface area contributed by atoms with Crippen LogP contribution in [0.1, 0.15) is 18.1 Å². The molecule has 3 rings (SSSR count). The van der Waals surface area contributed by atoms with E-state index in [0.717, 1.165) is 4.90 Å². The van der Waals surface area contributed by atoms with Crippen molar-refractivity contribution < 1.29 is 27.5 Å². The van der Waals surface area contributed by atoms with Gasteiger partial charge in [0.2, 0.25) is 0 Å². The first kappa shape index (κ1) is 20.3. The van der Waals surface area contributed by atoms with E-state index in [1.807, 2.05) is 0 Å². The van der Waals surface area contributed by atoms with E-state index < -0.39 is 23.8 Å². The molecule has 1 aliphatic rings. The Morgan fingerprint density at radius 3 is 2.41 bits per heavy atom. The lowest BCUT2D eigenvalue weighted by molar-refractivity contribution is -0.197. The average molecular weight is 406 g/mol. The molecule has 152 valence electrons. The van der Waals surface area contributed by atoms with Crippen molar-refractivity contribution in [2.24, 2.45) is 4.99 Å². The number of amidine groups is 1. The van der Waals surface area contributed by atoms with Crippen LogP contribution in [0.25, 0.3) is 0 Å². The number of rotatable bonds is 5. The quantitative estimate of drug-likeness (QED) is 0.828. The molecule has 1 aliphatic heterocycles. The van der Waals surface area contributed by atoms with E-state index in [4.69, 9.17) is 0 Å². The average Bonchev–Trinajstić information content (AvgIpc) is 2.97. The highest BCUT2D eigenvalue weighted by molar-refractivity contribution is 6.16. The lowest BCUT2D eigenvalue weighted by Gasteiger charge is -2.28. The van der Waals surface area contributed by atoms with Gasteiger partial charge in [0.15, 0.2) is 0 Å². The summed E-state index contributed by atoms with van der Waals surface area (Å²) in [4.78, 5) is 33.3. The maximum absolute atomic E-state index is 14.0. The first-order valence-electron chi connectivity index (χ1n) is 8.66. The highest BCUT2D eigenvalue weighted by atomic mass is 19.4. The zero-order valence-corrected chi connectivity index (χ0v) is 15.3. The topological polar surface area (TPSA) is 83.9 Å². The highest BCUT2D eigenvalue weighted by Crippen LogP contribution is 2.39. The summed E-state index contributed by atoms with van der Waals surface area (Å²) in [5.74, 6) is -1.63. The minimum Gasteiger partial charge on any atom is -0.450 e. The van der Waals surface area contributed by atoms with E-state index in [0.29, 0.717) is 11.1 Å². The number of carbonyl (C=O) groups is 2. The smallest absolute Gasteiger partial charge is 0.442 e. The van der Waals surface area contributed by atoms with Gasteiger partial charge in [-0.2, -0.15) is 13.2 Å². The van der Waals surface area contributed by atoms with Crippen LogP contribution in [0.3, 0.4) is 0 Å². The van der Waals surface area contributed by atoms with Crippen molar-refractivity contribution in [3.8, 4) is 0 Å². The van der Waals surface area contributed by atoms with Crippen molar-refractivity contribution in [1.29, 1.82) is 0 Å². The summed E-state index contributed by atoms with van der Waals surface area (Å²) >= 11 is 0. The number of nitrogens with zero attached hydrogens (tertiary/aromatic N) is 3. The molecule has 0 aliphatic carbocycles. The molecular weight excluding hydrogens is 389 g/mol. The number of alkyl carbamates (subject to hydrolysis) is 1. The van der Waals surface area contributed by atoms with Crippen molar-refractivity contribution in [1.82, 2.24) is 15.2 Å². The van der Waals surface area contributed by atoms with Crippen LogP contribution in [0.5, 0.6) is 0 Å². The van der Waals surface area contributed by atoms with Crippen molar-refractivity contribution >= 4 is 17.8 Å². The van der Waals surface area contributed by atoms with Crippen molar-refractivity contribution in [2.75, 3.05) is 6.61 Å². The van der Waals surface area contributed by atoms with Gasteiger partial charge in [-0.3, -0.25) is 20.0 Å². The molecule has 29 heavy (non-hydrogen) atoms. The van der Waals surface area contributed by atoms with Gasteiger partial charge in [0.25, 0.3) is 5.91 Å². The molecule has 2 amide bonds. The summed E-state index contributed by atoms with van der Waals surface area (Å²) in [5, 5.41) is 1.62. The zero-order valence-electron chi connectivity index (χ0n) is 15.3. The van der Waals surface area contributed by atoms with E-state index in [1.54, 1.807) is 35.6 Å². The number of nitrogens with one attached hydrogen (secondary N) is 1. The number of aromatic nitrogens is 1. The Morgan fingerprint density at radius 1 is 1.17 bits per heavy atom. The number of ether oxygens (including phenoxy) is 1. The molecular formula is C19H17F3N4O3. The summed E-state index contributed by atoms with van der Waals surface area (Å²) in [6.45, 7) is 1.09. The van der Waals surface area contributed by atoms with Gasteiger partial charge in [-0.05, 0) is 24.6 Å². The fraction of sp³-hybridized carbons (Fsp3) is 0.263. The third kappa shape index (κ3) is 3.91. The highest BCUT2D eigenvalue weighted by Gasteiger charge is 2.67. The van der Waals surface area contributed by atoms with Crippen LogP contribution >= 0.6 is 0 Å². The number of halogens is 3. The third-order valence-corrected chi connectivity index (χ3v) is 4.17. The van der Waals surface area contributed by atoms with Gasteiger partial charge >= 0.3 is 17.9 Å². The van der Waals surface area contributed by atoms with E-state index in [-0.39, 0.29) is 19.0 Å². The third-order valence-electron chi connectivity index (χ3n) is 4.17. The molecule has 1 atom stereocenters. The second kappa shape index (κ2) is 7.90. The van der Waals surface area contributed by atoms with Crippen LogP contribution < -0.4 is 5.32 Å². The van der Waals surface area contributed by atoms with E-state index in [2.05, 4.69) is 14.7 Å².